The highest BCUT2D eigenvalue weighted by Crippen LogP contribution is 2.30. The fourth-order valence-electron chi connectivity index (χ4n) is 2.30. The minimum absolute atomic E-state index is 0.142. The summed E-state index contributed by atoms with van der Waals surface area (Å²) in [6.45, 7) is 1.45. The minimum atomic E-state index is -0.241. The van der Waals surface area contributed by atoms with Crippen molar-refractivity contribution in [3.05, 3.63) is 76.9 Å². The maximum atomic E-state index is 12.7. The summed E-state index contributed by atoms with van der Waals surface area (Å²) in [5, 5.41) is 6.18. The fourth-order valence-corrected chi connectivity index (χ4v) is 3.44. The molecule has 0 bridgehead atoms. The van der Waals surface area contributed by atoms with Crippen LogP contribution < -0.4 is 10.6 Å². The second-order valence-electron chi connectivity index (χ2n) is 5.62. The number of carbonyl (C=O) groups is 2. The number of nitrogens with one attached hydrogen (secondary N) is 2. The Hall–Kier alpha value is -2.64. The van der Waals surface area contributed by atoms with E-state index < -0.39 is 0 Å². The first-order valence-corrected chi connectivity index (χ1v) is 9.69. The molecule has 2 amide bonds. The number of hydrogen-bond donors (Lipinski definition) is 2. The SMILES string of the molecule is CC(=O)Nc1ccc(NC(=O)c2cccnc2Sc2ccc(Br)cc2)cc1. The number of halogens is 1. The zero-order chi connectivity index (χ0) is 19.2. The molecule has 5 nitrogen and oxygen atoms in total. The van der Waals surface area contributed by atoms with E-state index >= 15 is 0 Å². The Balaban J connectivity index is 1.75. The van der Waals surface area contributed by atoms with Crippen LogP contribution in [0.5, 0.6) is 0 Å². The summed E-state index contributed by atoms with van der Waals surface area (Å²) in [4.78, 5) is 29.1. The van der Waals surface area contributed by atoms with Gasteiger partial charge in [-0.05, 0) is 60.7 Å². The average molecular weight is 442 g/mol. The predicted octanol–water partition coefficient (Wildman–Crippen LogP) is 5.21. The number of carbonyl (C=O) groups excluding carboxylic acids is 2. The number of benzene rings is 2. The second kappa shape index (κ2) is 8.83. The van der Waals surface area contributed by atoms with Gasteiger partial charge in [-0.3, -0.25) is 9.59 Å². The number of aromatic nitrogens is 1. The smallest absolute Gasteiger partial charge is 0.258 e. The van der Waals surface area contributed by atoms with Gasteiger partial charge in [0, 0.05) is 33.9 Å². The molecule has 0 spiro atoms. The Labute approximate surface area is 169 Å². The molecule has 0 saturated carbocycles. The molecule has 0 aliphatic rings. The van der Waals surface area contributed by atoms with Gasteiger partial charge in [0.2, 0.25) is 5.91 Å². The molecule has 2 aromatic carbocycles. The van der Waals surface area contributed by atoms with Crippen LogP contribution in [-0.2, 0) is 4.79 Å². The van der Waals surface area contributed by atoms with Crippen LogP contribution in [0.2, 0.25) is 0 Å². The van der Waals surface area contributed by atoms with E-state index in [-0.39, 0.29) is 11.8 Å². The number of pyridine rings is 1. The molecule has 1 heterocycles. The molecule has 3 rings (SSSR count). The number of rotatable bonds is 5. The molecule has 0 saturated heterocycles. The van der Waals surface area contributed by atoms with Crippen LogP contribution in [0.15, 0.2) is 81.3 Å². The summed E-state index contributed by atoms with van der Waals surface area (Å²) in [6, 6.07) is 18.2. The Bertz CT molecular complexity index is 960. The van der Waals surface area contributed by atoms with Crippen molar-refractivity contribution in [1.29, 1.82) is 0 Å². The van der Waals surface area contributed by atoms with Crippen molar-refractivity contribution in [2.75, 3.05) is 10.6 Å². The van der Waals surface area contributed by atoms with E-state index in [2.05, 4.69) is 31.5 Å². The van der Waals surface area contributed by atoms with Crippen molar-refractivity contribution >= 4 is 50.9 Å². The van der Waals surface area contributed by atoms with Crippen molar-refractivity contribution in [3.63, 3.8) is 0 Å². The van der Waals surface area contributed by atoms with Crippen molar-refractivity contribution in [1.82, 2.24) is 4.98 Å². The standard InChI is InChI=1S/C20H16BrN3O2S/c1-13(25)23-15-6-8-16(9-7-15)24-19(26)18-3-2-12-22-20(18)27-17-10-4-14(21)5-11-17/h2-12H,1H3,(H,23,25)(H,24,26). The third-order valence-electron chi connectivity index (χ3n) is 3.51. The average Bonchev–Trinajstić information content (AvgIpc) is 2.65. The van der Waals surface area contributed by atoms with E-state index in [4.69, 9.17) is 0 Å². The molecule has 0 aliphatic heterocycles. The first-order valence-electron chi connectivity index (χ1n) is 8.09. The van der Waals surface area contributed by atoms with Crippen molar-refractivity contribution in [3.8, 4) is 0 Å². The Morgan fingerprint density at radius 1 is 0.926 bits per heavy atom. The number of nitrogens with zero attached hydrogens (tertiary/aromatic N) is 1. The number of amides is 2. The van der Waals surface area contributed by atoms with Crippen LogP contribution in [-0.4, -0.2) is 16.8 Å². The normalized spacial score (nSPS) is 10.3. The molecule has 2 N–H and O–H groups in total. The van der Waals surface area contributed by atoms with Gasteiger partial charge in [0.05, 0.1) is 5.56 Å². The van der Waals surface area contributed by atoms with E-state index in [0.29, 0.717) is 22.0 Å². The van der Waals surface area contributed by atoms with Crippen LogP contribution in [0.3, 0.4) is 0 Å². The minimum Gasteiger partial charge on any atom is -0.326 e. The van der Waals surface area contributed by atoms with Crippen molar-refractivity contribution < 1.29 is 9.59 Å². The monoisotopic (exact) mass is 441 g/mol. The molecule has 3 aromatic rings. The lowest BCUT2D eigenvalue weighted by Gasteiger charge is -2.10. The van der Waals surface area contributed by atoms with E-state index in [1.165, 1.54) is 18.7 Å². The third kappa shape index (κ3) is 5.42. The Kier molecular flexibility index (Phi) is 6.26. The number of hydrogen-bond acceptors (Lipinski definition) is 4. The quantitative estimate of drug-likeness (QED) is 0.570. The predicted molar refractivity (Wildman–Crippen MR) is 111 cm³/mol. The summed E-state index contributed by atoms with van der Waals surface area (Å²) in [5.74, 6) is -0.383. The molecule has 0 radical (unpaired) electrons. The van der Waals surface area contributed by atoms with Crippen LogP contribution >= 0.6 is 27.7 Å². The van der Waals surface area contributed by atoms with Crippen molar-refractivity contribution in [2.45, 2.75) is 16.8 Å². The van der Waals surface area contributed by atoms with Gasteiger partial charge in [0.15, 0.2) is 0 Å². The van der Waals surface area contributed by atoms with Gasteiger partial charge in [-0.25, -0.2) is 4.98 Å². The Morgan fingerprint density at radius 2 is 1.56 bits per heavy atom. The fraction of sp³-hybridized carbons (Fsp3) is 0.0500. The highest BCUT2D eigenvalue weighted by atomic mass is 79.9. The first-order chi connectivity index (χ1) is 13.0. The lowest BCUT2D eigenvalue weighted by atomic mass is 10.2. The third-order valence-corrected chi connectivity index (χ3v) is 5.06. The van der Waals surface area contributed by atoms with E-state index in [1.54, 1.807) is 42.6 Å². The summed E-state index contributed by atoms with van der Waals surface area (Å²) in [7, 11) is 0. The van der Waals surface area contributed by atoms with Crippen LogP contribution in [0.1, 0.15) is 17.3 Å². The highest BCUT2D eigenvalue weighted by Gasteiger charge is 2.14. The lowest BCUT2D eigenvalue weighted by Crippen LogP contribution is -2.13. The highest BCUT2D eigenvalue weighted by molar-refractivity contribution is 9.10. The first kappa shape index (κ1) is 19.1. The maximum absolute atomic E-state index is 12.7. The maximum Gasteiger partial charge on any atom is 0.258 e. The zero-order valence-corrected chi connectivity index (χ0v) is 16.8. The molecule has 27 heavy (non-hydrogen) atoms. The van der Waals surface area contributed by atoms with E-state index in [0.717, 1.165) is 9.37 Å². The molecule has 0 fully saturated rings. The molecular formula is C20H16BrN3O2S. The van der Waals surface area contributed by atoms with Gasteiger partial charge in [-0.2, -0.15) is 0 Å². The summed E-state index contributed by atoms with van der Waals surface area (Å²) < 4.78 is 0.994. The molecular weight excluding hydrogens is 426 g/mol. The topological polar surface area (TPSA) is 71.1 Å². The summed E-state index contributed by atoms with van der Waals surface area (Å²) in [6.07, 6.45) is 1.67. The Morgan fingerprint density at radius 3 is 2.19 bits per heavy atom. The molecule has 1 aromatic heterocycles. The molecule has 0 aliphatic carbocycles. The zero-order valence-electron chi connectivity index (χ0n) is 14.4. The van der Waals surface area contributed by atoms with Crippen molar-refractivity contribution in [2.24, 2.45) is 0 Å². The molecule has 0 atom stereocenters. The van der Waals surface area contributed by atoms with Gasteiger partial charge >= 0.3 is 0 Å². The van der Waals surface area contributed by atoms with Gasteiger partial charge < -0.3 is 10.6 Å². The molecule has 7 heteroatoms. The second-order valence-corrected chi connectivity index (χ2v) is 7.60. The summed E-state index contributed by atoms with van der Waals surface area (Å²) in [5.41, 5.74) is 1.81. The van der Waals surface area contributed by atoms with Gasteiger partial charge in [0.1, 0.15) is 5.03 Å². The summed E-state index contributed by atoms with van der Waals surface area (Å²) >= 11 is 4.84. The van der Waals surface area contributed by atoms with Crippen LogP contribution in [0.4, 0.5) is 11.4 Å². The van der Waals surface area contributed by atoms with E-state index in [9.17, 15) is 9.59 Å². The van der Waals surface area contributed by atoms with Crippen LogP contribution in [0, 0.1) is 0 Å². The van der Waals surface area contributed by atoms with Gasteiger partial charge in [-0.15, -0.1) is 0 Å². The van der Waals surface area contributed by atoms with E-state index in [1.807, 2.05) is 24.3 Å². The largest absolute Gasteiger partial charge is 0.326 e. The molecule has 0 unspecified atom stereocenters. The molecule has 136 valence electrons. The van der Waals surface area contributed by atoms with Gasteiger partial charge in [0.25, 0.3) is 5.91 Å². The van der Waals surface area contributed by atoms with Crippen LogP contribution in [0.25, 0.3) is 0 Å². The number of anilines is 2. The lowest BCUT2D eigenvalue weighted by molar-refractivity contribution is -0.114. The van der Waals surface area contributed by atoms with Gasteiger partial charge in [-0.1, -0.05) is 27.7 Å².